The lowest BCUT2D eigenvalue weighted by Crippen LogP contribution is -2.11. The Morgan fingerprint density at radius 3 is 2.16 bits per heavy atom. The van der Waals surface area contributed by atoms with Crippen LogP contribution in [0.4, 0.5) is 5.69 Å². The third-order valence-electron chi connectivity index (χ3n) is 3.80. The first-order valence-corrected chi connectivity index (χ1v) is 7.82. The Kier molecular flexibility index (Phi) is 4.90. The van der Waals surface area contributed by atoms with Crippen LogP contribution in [0.5, 0.6) is 0 Å². The third-order valence-corrected chi connectivity index (χ3v) is 3.80. The molecule has 4 nitrogen and oxygen atoms in total. The van der Waals surface area contributed by atoms with Gasteiger partial charge < -0.3 is 10.1 Å². The van der Waals surface area contributed by atoms with E-state index in [0.29, 0.717) is 11.1 Å². The topological polar surface area (TPSA) is 55.4 Å². The predicted molar refractivity (Wildman–Crippen MR) is 97.6 cm³/mol. The minimum atomic E-state index is -0.373. The Hall–Kier alpha value is -3.40. The second-order valence-electron chi connectivity index (χ2n) is 5.47. The van der Waals surface area contributed by atoms with Crippen molar-refractivity contribution in [2.45, 2.75) is 0 Å². The number of benzene rings is 3. The normalized spacial score (nSPS) is 10.1. The van der Waals surface area contributed by atoms with Gasteiger partial charge in [-0.3, -0.25) is 4.79 Å². The van der Waals surface area contributed by atoms with Crippen LogP contribution in [0.3, 0.4) is 0 Å². The van der Waals surface area contributed by atoms with Gasteiger partial charge in [0.2, 0.25) is 0 Å². The van der Waals surface area contributed by atoms with E-state index in [1.54, 1.807) is 18.2 Å². The number of carbonyl (C=O) groups excluding carboxylic acids is 2. The van der Waals surface area contributed by atoms with Crippen LogP contribution in [0, 0.1) is 0 Å². The van der Waals surface area contributed by atoms with Gasteiger partial charge in [-0.05, 0) is 47.5 Å². The number of esters is 1. The van der Waals surface area contributed by atoms with Crippen molar-refractivity contribution in [3.8, 4) is 11.1 Å². The van der Waals surface area contributed by atoms with Crippen molar-refractivity contribution in [3.05, 3.63) is 90.0 Å². The fourth-order valence-corrected chi connectivity index (χ4v) is 2.48. The molecule has 124 valence electrons. The van der Waals surface area contributed by atoms with Gasteiger partial charge in [-0.1, -0.05) is 42.5 Å². The van der Waals surface area contributed by atoms with Crippen molar-refractivity contribution in [2.24, 2.45) is 0 Å². The predicted octanol–water partition coefficient (Wildman–Crippen LogP) is 4.39. The van der Waals surface area contributed by atoms with E-state index in [4.69, 9.17) is 4.74 Å². The van der Waals surface area contributed by atoms with Crippen LogP contribution in [0.25, 0.3) is 11.1 Å². The van der Waals surface area contributed by atoms with Crippen molar-refractivity contribution in [2.75, 3.05) is 12.4 Å². The molecule has 0 heterocycles. The first kappa shape index (κ1) is 16.5. The molecule has 0 aliphatic heterocycles. The smallest absolute Gasteiger partial charge is 0.337 e. The minimum Gasteiger partial charge on any atom is -0.465 e. The third kappa shape index (κ3) is 3.93. The second-order valence-corrected chi connectivity index (χ2v) is 5.47. The molecule has 1 amide bonds. The maximum absolute atomic E-state index is 12.4. The molecule has 0 spiro atoms. The quantitative estimate of drug-likeness (QED) is 0.721. The molecule has 3 rings (SSSR count). The van der Waals surface area contributed by atoms with Gasteiger partial charge in [-0.2, -0.15) is 0 Å². The second kappa shape index (κ2) is 7.45. The van der Waals surface area contributed by atoms with Crippen molar-refractivity contribution < 1.29 is 14.3 Å². The summed E-state index contributed by atoms with van der Waals surface area (Å²) in [7, 11) is 1.35. The number of nitrogens with one attached hydrogen (secondary N) is 1. The van der Waals surface area contributed by atoms with Crippen molar-refractivity contribution in [1.29, 1.82) is 0 Å². The lowest BCUT2D eigenvalue weighted by molar-refractivity contribution is 0.0600. The molecular formula is C21H17NO3. The Balaban J connectivity index is 1.81. The molecule has 0 aliphatic rings. The molecule has 0 bridgehead atoms. The van der Waals surface area contributed by atoms with E-state index >= 15 is 0 Å². The van der Waals surface area contributed by atoms with Crippen LogP contribution < -0.4 is 5.32 Å². The maximum atomic E-state index is 12.4. The fourth-order valence-electron chi connectivity index (χ4n) is 2.48. The molecule has 25 heavy (non-hydrogen) atoms. The molecule has 0 saturated heterocycles. The van der Waals surface area contributed by atoms with Crippen molar-refractivity contribution >= 4 is 17.6 Å². The number of methoxy groups -OCH3 is 1. The van der Waals surface area contributed by atoms with Gasteiger partial charge in [0.25, 0.3) is 5.91 Å². The Morgan fingerprint density at radius 1 is 0.760 bits per heavy atom. The number of carbonyl (C=O) groups is 2. The van der Waals surface area contributed by atoms with E-state index in [0.717, 1.165) is 16.8 Å². The largest absolute Gasteiger partial charge is 0.465 e. The van der Waals surface area contributed by atoms with E-state index in [1.165, 1.54) is 7.11 Å². The molecule has 0 radical (unpaired) electrons. The van der Waals surface area contributed by atoms with Crippen molar-refractivity contribution in [1.82, 2.24) is 0 Å². The summed E-state index contributed by atoms with van der Waals surface area (Å²) in [6.07, 6.45) is 0. The maximum Gasteiger partial charge on any atom is 0.337 e. The zero-order valence-electron chi connectivity index (χ0n) is 13.7. The van der Waals surface area contributed by atoms with E-state index in [9.17, 15) is 9.59 Å². The first-order valence-electron chi connectivity index (χ1n) is 7.82. The van der Waals surface area contributed by atoms with Gasteiger partial charge in [-0.15, -0.1) is 0 Å². The average Bonchev–Trinajstić information content (AvgIpc) is 2.68. The lowest BCUT2D eigenvalue weighted by atomic mass is 10.0. The molecule has 0 aromatic heterocycles. The summed E-state index contributed by atoms with van der Waals surface area (Å²) >= 11 is 0. The number of ether oxygens (including phenoxy) is 1. The number of hydrogen-bond acceptors (Lipinski definition) is 3. The molecule has 1 N–H and O–H groups in total. The molecular weight excluding hydrogens is 314 g/mol. The number of amides is 1. The molecule has 0 aliphatic carbocycles. The van der Waals surface area contributed by atoms with Crippen LogP contribution in [0.2, 0.25) is 0 Å². The highest BCUT2D eigenvalue weighted by Crippen LogP contribution is 2.22. The Morgan fingerprint density at radius 2 is 1.48 bits per heavy atom. The van der Waals surface area contributed by atoms with Crippen LogP contribution >= 0.6 is 0 Å². The summed E-state index contributed by atoms with van der Waals surface area (Å²) in [6, 6.07) is 23.8. The highest BCUT2D eigenvalue weighted by Gasteiger charge is 2.09. The average molecular weight is 331 g/mol. The first-order chi connectivity index (χ1) is 12.2. The highest BCUT2D eigenvalue weighted by molar-refractivity contribution is 6.05. The van der Waals surface area contributed by atoms with E-state index in [1.807, 2.05) is 60.7 Å². The van der Waals surface area contributed by atoms with Gasteiger partial charge in [0, 0.05) is 11.3 Å². The van der Waals surface area contributed by atoms with Gasteiger partial charge in [0.05, 0.1) is 12.7 Å². The molecule has 0 saturated carbocycles. The van der Waals surface area contributed by atoms with Gasteiger partial charge in [0.15, 0.2) is 0 Å². The van der Waals surface area contributed by atoms with Crippen molar-refractivity contribution in [3.63, 3.8) is 0 Å². The monoisotopic (exact) mass is 331 g/mol. The van der Waals surface area contributed by atoms with Crippen LogP contribution in [0.1, 0.15) is 20.7 Å². The standard InChI is InChI=1S/C21H17NO3/c1-25-21(24)16-12-10-15(11-13-16)17-6-5-7-18(14-17)20(23)22-19-8-3-2-4-9-19/h2-14H,1H3,(H,22,23). The lowest BCUT2D eigenvalue weighted by Gasteiger charge is -2.08. The molecule has 3 aromatic rings. The highest BCUT2D eigenvalue weighted by atomic mass is 16.5. The molecule has 4 heteroatoms. The molecule has 0 atom stereocenters. The molecule has 3 aromatic carbocycles. The summed E-state index contributed by atoms with van der Waals surface area (Å²) in [4.78, 5) is 23.9. The summed E-state index contributed by atoms with van der Waals surface area (Å²) in [6.45, 7) is 0. The van der Waals surface area contributed by atoms with E-state index < -0.39 is 0 Å². The van der Waals surface area contributed by atoms with Gasteiger partial charge >= 0.3 is 5.97 Å². The van der Waals surface area contributed by atoms with Gasteiger partial charge in [0.1, 0.15) is 0 Å². The Labute approximate surface area is 146 Å². The van der Waals surface area contributed by atoms with Crippen LogP contribution in [-0.2, 0) is 4.74 Å². The Bertz CT molecular complexity index is 887. The summed E-state index contributed by atoms with van der Waals surface area (Å²) in [5.74, 6) is -0.540. The zero-order valence-corrected chi connectivity index (χ0v) is 13.7. The van der Waals surface area contributed by atoms with Crippen LogP contribution in [-0.4, -0.2) is 19.0 Å². The zero-order chi connectivity index (χ0) is 17.6. The van der Waals surface area contributed by atoms with E-state index in [2.05, 4.69) is 5.32 Å². The number of para-hydroxylation sites is 1. The summed E-state index contributed by atoms with van der Waals surface area (Å²) in [5, 5.41) is 2.87. The molecule has 0 unspecified atom stereocenters. The number of rotatable bonds is 4. The molecule has 0 fully saturated rings. The van der Waals surface area contributed by atoms with Crippen LogP contribution in [0.15, 0.2) is 78.9 Å². The number of anilines is 1. The SMILES string of the molecule is COC(=O)c1ccc(-c2cccc(C(=O)Nc3ccccc3)c2)cc1. The van der Waals surface area contributed by atoms with Gasteiger partial charge in [-0.25, -0.2) is 4.79 Å². The van der Waals surface area contributed by atoms with E-state index in [-0.39, 0.29) is 11.9 Å². The summed E-state index contributed by atoms with van der Waals surface area (Å²) < 4.78 is 4.70. The number of hydrogen-bond donors (Lipinski definition) is 1. The minimum absolute atomic E-state index is 0.167. The summed E-state index contributed by atoms with van der Waals surface area (Å²) in [5.41, 5.74) is 3.63. The fraction of sp³-hybridized carbons (Fsp3) is 0.0476.